The van der Waals surface area contributed by atoms with Gasteiger partial charge in [-0.3, -0.25) is 81.9 Å². The molecular formula is C62H85N11O22. The molecule has 3 aromatic rings. The SMILES string of the molecule is CC(=O)Oc1cccc(C(=O)NCCNC(=O)CN2CCN(CC(=O)NCCCOCCOCCO)CCN(CC(=O)NCCNC(=O)c3cccc(OC(C)=O)c3OC(C)=O)CCN(CC(=O)NCCNC(=O)c3cccc(OC(C)=O)c3OC(C)=O)CC2)c1OC(C)=O. The first-order chi connectivity index (χ1) is 45.4. The summed E-state index contributed by atoms with van der Waals surface area (Å²) in [6.07, 6.45) is 0.488. The van der Waals surface area contributed by atoms with Crippen LogP contribution >= 0.6 is 0 Å². The van der Waals surface area contributed by atoms with Crippen molar-refractivity contribution in [3.63, 3.8) is 0 Å². The van der Waals surface area contributed by atoms with Crippen LogP contribution in [0.25, 0.3) is 0 Å². The van der Waals surface area contributed by atoms with E-state index in [1.54, 1.807) is 4.90 Å². The lowest BCUT2D eigenvalue weighted by molar-refractivity contribution is -0.134. The van der Waals surface area contributed by atoms with Crippen LogP contribution in [0.1, 0.15) is 79.0 Å². The van der Waals surface area contributed by atoms with Crippen molar-refractivity contribution in [2.75, 3.05) is 157 Å². The van der Waals surface area contributed by atoms with Crippen LogP contribution in [0, 0.1) is 0 Å². The van der Waals surface area contributed by atoms with Gasteiger partial charge in [-0.25, -0.2) is 0 Å². The van der Waals surface area contributed by atoms with E-state index in [1.165, 1.54) is 54.6 Å². The first kappa shape index (κ1) is 77.9. The second-order valence-electron chi connectivity index (χ2n) is 21.0. The van der Waals surface area contributed by atoms with Crippen molar-refractivity contribution in [1.29, 1.82) is 0 Å². The summed E-state index contributed by atoms with van der Waals surface area (Å²) in [5.74, 6) is -9.52. The van der Waals surface area contributed by atoms with Crippen LogP contribution in [0.2, 0.25) is 0 Å². The van der Waals surface area contributed by atoms with Crippen molar-refractivity contribution in [1.82, 2.24) is 56.8 Å². The molecule has 0 radical (unpaired) electrons. The van der Waals surface area contributed by atoms with Crippen LogP contribution in [-0.4, -0.2) is 259 Å². The zero-order chi connectivity index (χ0) is 69.7. The zero-order valence-corrected chi connectivity index (χ0v) is 54.2. The van der Waals surface area contributed by atoms with Crippen molar-refractivity contribution in [2.45, 2.75) is 48.0 Å². The van der Waals surface area contributed by atoms with E-state index in [2.05, 4.69) is 37.2 Å². The fourth-order valence-electron chi connectivity index (χ4n) is 8.99. The minimum Gasteiger partial charge on any atom is -0.423 e. The van der Waals surface area contributed by atoms with Crippen molar-refractivity contribution in [3.8, 4) is 34.5 Å². The smallest absolute Gasteiger partial charge is 0.308 e. The highest BCUT2D eigenvalue weighted by molar-refractivity contribution is 6.00. The summed E-state index contributed by atoms with van der Waals surface area (Å²) >= 11 is 0. The Hall–Kier alpha value is -9.51. The molecule has 1 fully saturated rings. The Kier molecular flexibility index (Phi) is 35.0. The number of hydrogen-bond donors (Lipinski definition) is 8. The molecule has 0 unspecified atom stereocenters. The molecule has 7 amide bonds. The summed E-state index contributed by atoms with van der Waals surface area (Å²) in [4.78, 5) is 173. The number of aliphatic hydroxyl groups is 1. The molecule has 0 saturated carbocycles. The predicted molar refractivity (Wildman–Crippen MR) is 335 cm³/mol. The molecule has 8 N–H and O–H groups in total. The van der Waals surface area contributed by atoms with Crippen LogP contribution < -0.4 is 65.6 Å². The average molecular weight is 1340 g/mol. The van der Waals surface area contributed by atoms with Gasteiger partial charge in [-0.1, -0.05) is 18.2 Å². The molecule has 0 atom stereocenters. The monoisotopic (exact) mass is 1340 g/mol. The Morgan fingerprint density at radius 1 is 0.337 bits per heavy atom. The van der Waals surface area contributed by atoms with Crippen molar-refractivity contribution < 1.29 is 105 Å². The second kappa shape index (κ2) is 42.7. The molecule has 1 heterocycles. The fourth-order valence-corrected chi connectivity index (χ4v) is 8.99. The number of aliphatic hydroxyl groups excluding tert-OH is 1. The number of nitrogens with zero attached hydrogens (tertiary/aromatic N) is 4. The van der Waals surface area contributed by atoms with Crippen molar-refractivity contribution >= 4 is 77.2 Å². The quantitative estimate of drug-likeness (QED) is 0.0178. The number of esters is 6. The molecule has 95 heavy (non-hydrogen) atoms. The van der Waals surface area contributed by atoms with Gasteiger partial charge in [-0.2, -0.15) is 0 Å². The Balaban J connectivity index is 1.52. The first-order valence-corrected chi connectivity index (χ1v) is 30.5. The molecule has 1 saturated heterocycles. The maximum Gasteiger partial charge on any atom is 0.308 e. The van der Waals surface area contributed by atoms with Gasteiger partial charge in [0.05, 0.1) is 69.3 Å². The van der Waals surface area contributed by atoms with Crippen LogP contribution in [0.3, 0.4) is 0 Å². The molecule has 0 spiro atoms. The molecular weight excluding hydrogens is 1250 g/mol. The first-order valence-electron chi connectivity index (χ1n) is 30.5. The van der Waals surface area contributed by atoms with Gasteiger partial charge < -0.3 is 80.2 Å². The molecule has 0 aliphatic carbocycles. The van der Waals surface area contributed by atoms with Crippen molar-refractivity contribution in [2.24, 2.45) is 0 Å². The third kappa shape index (κ3) is 30.9. The van der Waals surface area contributed by atoms with E-state index in [4.69, 9.17) is 43.0 Å². The largest absolute Gasteiger partial charge is 0.423 e. The Labute approximate surface area is 548 Å². The van der Waals surface area contributed by atoms with Crippen LogP contribution in [0.5, 0.6) is 34.5 Å². The number of rotatable bonds is 35. The van der Waals surface area contributed by atoms with Crippen LogP contribution in [0.4, 0.5) is 0 Å². The highest BCUT2D eigenvalue weighted by Crippen LogP contribution is 2.34. The van der Waals surface area contributed by atoms with Gasteiger partial charge in [-0.05, 0) is 42.8 Å². The van der Waals surface area contributed by atoms with Gasteiger partial charge >= 0.3 is 35.8 Å². The van der Waals surface area contributed by atoms with Crippen LogP contribution in [-0.2, 0) is 57.4 Å². The molecule has 4 rings (SSSR count). The number of benzene rings is 3. The third-order valence-corrected chi connectivity index (χ3v) is 13.2. The maximum absolute atomic E-state index is 13.7. The topological polar surface area (TPSA) is 413 Å². The molecule has 3 aromatic carbocycles. The number of ether oxygens (including phenoxy) is 8. The number of nitrogens with one attached hydrogen (secondary N) is 7. The summed E-state index contributed by atoms with van der Waals surface area (Å²) < 4.78 is 41.8. The summed E-state index contributed by atoms with van der Waals surface area (Å²) in [6.45, 7) is 8.62. The predicted octanol–water partition coefficient (Wildman–Crippen LogP) is -2.07. The minimum absolute atomic E-state index is 0.0510. The number of amides is 7. The van der Waals surface area contributed by atoms with Gasteiger partial charge in [0.1, 0.15) is 0 Å². The van der Waals surface area contributed by atoms with Crippen molar-refractivity contribution in [3.05, 3.63) is 71.3 Å². The van der Waals surface area contributed by atoms with Gasteiger partial charge in [0.25, 0.3) is 17.7 Å². The number of carbonyl (C=O) groups excluding carboxylic acids is 13. The van der Waals surface area contributed by atoms with E-state index in [9.17, 15) is 62.3 Å². The standard InChI is InChI=1S/C62H85N11O22/c1-41(75)90-50-14-7-11-47(57(50)93-44(4)78)60(85)67-21-18-64-54(82)38-71-26-24-70(37-53(81)63-17-10-33-88-35-36-89-34-32-74)25-27-72(39-55(83)65-19-22-68-61(86)48-12-8-15-51(91-42(2)76)58(48)94-45(5)79)29-31-73(30-28-71)40-56(84)66-20-23-69-62(87)49-13-9-16-52(92-43(3)77)59(49)95-46(6)80/h7-9,11-16,74H,10,17-40H2,1-6H3,(H,63,81)(H,64,82)(H,65,83)(H,66,84)(H,67,85)(H,68,86)(H,69,87). The highest BCUT2D eigenvalue weighted by atomic mass is 16.6. The minimum atomic E-state index is -0.777. The lowest BCUT2D eigenvalue weighted by Gasteiger charge is -2.33. The fraction of sp³-hybridized carbons (Fsp3) is 0.500. The van der Waals surface area contributed by atoms with E-state index < -0.39 is 71.3 Å². The lowest BCUT2D eigenvalue weighted by Crippen LogP contribution is -2.52. The molecule has 33 heteroatoms. The second-order valence-corrected chi connectivity index (χ2v) is 21.0. The zero-order valence-electron chi connectivity index (χ0n) is 54.2. The molecule has 33 nitrogen and oxygen atoms in total. The molecule has 1 aliphatic heterocycles. The molecule has 0 aromatic heterocycles. The lowest BCUT2D eigenvalue weighted by atomic mass is 10.1. The Morgan fingerprint density at radius 3 is 0.853 bits per heavy atom. The highest BCUT2D eigenvalue weighted by Gasteiger charge is 2.26. The summed E-state index contributed by atoms with van der Waals surface area (Å²) in [5.41, 5.74) is -0.335. The Bertz CT molecular complexity index is 3020. The van der Waals surface area contributed by atoms with Gasteiger partial charge in [0.15, 0.2) is 34.5 Å². The van der Waals surface area contributed by atoms with E-state index in [1.807, 2.05) is 14.7 Å². The molecule has 520 valence electrons. The van der Waals surface area contributed by atoms with Crippen LogP contribution in [0.15, 0.2) is 54.6 Å². The number of carbonyl (C=O) groups is 13. The van der Waals surface area contributed by atoms with Gasteiger partial charge in [0.2, 0.25) is 23.6 Å². The van der Waals surface area contributed by atoms with Gasteiger partial charge in [-0.15, -0.1) is 0 Å². The third-order valence-electron chi connectivity index (χ3n) is 13.2. The van der Waals surface area contributed by atoms with E-state index >= 15 is 0 Å². The van der Waals surface area contributed by atoms with Gasteiger partial charge in [0, 0.05) is 146 Å². The normalized spacial score (nSPS) is 13.2. The van der Waals surface area contributed by atoms with E-state index in [-0.39, 0.29) is 195 Å². The Morgan fingerprint density at radius 2 is 0.589 bits per heavy atom. The van der Waals surface area contributed by atoms with E-state index in [0.29, 0.717) is 26.2 Å². The summed E-state index contributed by atoms with van der Waals surface area (Å²) in [7, 11) is 0. The summed E-state index contributed by atoms with van der Waals surface area (Å²) in [5, 5.41) is 28.1. The molecule has 1 aliphatic rings. The summed E-state index contributed by atoms with van der Waals surface area (Å²) in [6, 6.07) is 12.4. The number of para-hydroxylation sites is 3. The maximum atomic E-state index is 13.7. The number of hydrogen-bond acceptors (Lipinski definition) is 26. The van der Waals surface area contributed by atoms with E-state index in [0.717, 1.165) is 41.5 Å². The average Bonchev–Trinajstić information content (AvgIpc) is 0.884. The molecule has 0 bridgehead atoms.